The molecule has 1 heterocycles. The van der Waals surface area contributed by atoms with Gasteiger partial charge in [-0.25, -0.2) is 9.59 Å². The Morgan fingerprint density at radius 3 is 2.59 bits per heavy atom. The average Bonchev–Trinajstić information content (AvgIpc) is 2.97. The third-order valence-electron chi connectivity index (χ3n) is 3.96. The fraction of sp³-hybridized carbons (Fsp3) is 0.579. The second-order valence-electron chi connectivity index (χ2n) is 6.74. The summed E-state index contributed by atoms with van der Waals surface area (Å²) in [6.07, 6.45) is 0.694. The van der Waals surface area contributed by atoms with Crippen molar-refractivity contribution in [1.29, 1.82) is 0 Å². The molecule has 0 radical (unpaired) electrons. The van der Waals surface area contributed by atoms with E-state index < -0.39 is 23.9 Å². The van der Waals surface area contributed by atoms with E-state index in [2.05, 4.69) is 5.32 Å². The van der Waals surface area contributed by atoms with Gasteiger partial charge in [0.25, 0.3) is 0 Å². The van der Waals surface area contributed by atoms with Gasteiger partial charge in [-0.2, -0.15) is 0 Å². The summed E-state index contributed by atoms with van der Waals surface area (Å²) in [5.74, 6) is -1.21. The third kappa shape index (κ3) is 6.73. The molecule has 0 spiro atoms. The van der Waals surface area contributed by atoms with Crippen LogP contribution in [0.3, 0.4) is 0 Å². The lowest BCUT2D eigenvalue weighted by Gasteiger charge is -2.18. The molecule has 0 aliphatic carbocycles. The lowest BCUT2D eigenvalue weighted by molar-refractivity contribution is -0.141. The number of carboxylic acid groups (broad SMARTS) is 1. The maximum atomic E-state index is 11.7. The number of nitrogens with one attached hydrogen (secondary N) is 1. The van der Waals surface area contributed by atoms with Gasteiger partial charge < -0.3 is 29.4 Å². The number of hydrogen-bond acceptors (Lipinski definition) is 6. The molecule has 2 atom stereocenters. The van der Waals surface area contributed by atoms with E-state index in [1.807, 2.05) is 20.8 Å². The molecule has 0 saturated carbocycles. The number of benzene rings is 1. The summed E-state index contributed by atoms with van der Waals surface area (Å²) in [5, 5.41) is 11.7. The van der Waals surface area contributed by atoms with E-state index in [4.69, 9.17) is 18.9 Å². The van der Waals surface area contributed by atoms with Crippen LogP contribution < -0.4 is 10.1 Å². The number of amides is 1. The van der Waals surface area contributed by atoms with Crippen molar-refractivity contribution >= 4 is 12.1 Å². The predicted molar refractivity (Wildman–Crippen MR) is 96.6 cm³/mol. The number of ether oxygens (including phenoxy) is 4. The Kier molecular flexibility index (Phi) is 7.44. The van der Waals surface area contributed by atoms with Gasteiger partial charge in [-0.05, 0) is 38.0 Å². The normalized spacial score (nSPS) is 19.3. The zero-order valence-electron chi connectivity index (χ0n) is 15.9. The minimum atomic E-state index is -1.19. The van der Waals surface area contributed by atoms with E-state index in [1.165, 1.54) is 0 Å². The first-order chi connectivity index (χ1) is 12.8. The first-order valence-corrected chi connectivity index (χ1v) is 9.01. The second kappa shape index (κ2) is 9.57. The number of unbranched alkanes of at least 4 members (excludes halogenated alkanes) is 1. The zero-order valence-corrected chi connectivity index (χ0v) is 15.9. The van der Waals surface area contributed by atoms with Crippen LogP contribution in [0.25, 0.3) is 0 Å². The number of carboxylic acids is 1. The Morgan fingerprint density at radius 2 is 2.04 bits per heavy atom. The number of hydrogen-bond donors (Lipinski definition) is 2. The summed E-state index contributed by atoms with van der Waals surface area (Å²) in [5.41, 5.74) is 0.420. The zero-order chi connectivity index (χ0) is 19.9. The molecular weight excluding hydrogens is 354 g/mol. The maximum Gasteiger partial charge on any atom is 0.408 e. The molecule has 1 amide bonds. The van der Waals surface area contributed by atoms with Crippen molar-refractivity contribution in [1.82, 2.24) is 5.32 Å². The van der Waals surface area contributed by atoms with Gasteiger partial charge in [-0.1, -0.05) is 25.5 Å². The average molecular weight is 381 g/mol. The fourth-order valence-corrected chi connectivity index (χ4v) is 2.55. The SMILES string of the molecule is CCCCOC(=O)NC(C(=O)O)c1ccc(OCC2COC(C)(C)O2)cc1. The summed E-state index contributed by atoms with van der Waals surface area (Å²) < 4.78 is 21.7. The van der Waals surface area contributed by atoms with Crippen LogP contribution >= 0.6 is 0 Å². The second-order valence-corrected chi connectivity index (χ2v) is 6.74. The van der Waals surface area contributed by atoms with Crippen molar-refractivity contribution in [2.24, 2.45) is 0 Å². The van der Waals surface area contributed by atoms with E-state index in [9.17, 15) is 14.7 Å². The lowest BCUT2D eigenvalue weighted by atomic mass is 10.1. The van der Waals surface area contributed by atoms with Crippen LogP contribution in [0.4, 0.5) is 4.79 Å². The van der Waals surface area contributed by atoms with Crippen LogP contribution in [0.5, 0.6) is 5.75 Å². The molecule has 1 fully saturated rings. The Labute approximate surface area is 158 Å². The molecule has 0 bridgehead atoms. The smallest absolute Gasteiger partial charge is 0.408 e. The van der Waals surface area contributed by atoms with Crippen LogP contribution in [0.2, 0.25) is 0 Å². The number of carbonyl (C=O) groups is 2. The monoisotopic (exact) mass is 381 g/mol. The first-order valence-electron chi connectivity index (χ1n) is 9.01. The molecule has 0 aromatic heterocycles. The highest BCUT2D eigenvalue weighted by Crippen LogP contribution is 2.24. The molecule has 1 aromatic carbocycles. The van der Waals surface area contributed by atoms with Crippen LogP contribution in [0.1, 0.15) is 45.2 Å². The van der Waals surface area contributed by atoms with E-state index in [0.717, 1.165) is 12.8 Å². The Morgan fingerprint density at radius 1 is 1.33 bits per heavy atom. The Balaban J connectivity index is 1.88. The standard InChI is InChI=1S/C19H27NO7/c1-4-5-10-24-18(23)20-16(17(21)22)13-6-8-14(9-7-13)25-11-15-12-26-19(2,3)27-15/h6-9,15-16H,4-5,10-12H2,1-3H3,(H,20,23)(H,21,22). The van der Waals surface area contributed by atoms with Crippen molar-refractivity contribution in [2.45, 2.75) is 51.5 Å². The summed E-state index contributed by atoms with van der Waals surface area (Å²) in [6, 6.07) is 5.29. The molecule has 2 rings (SSSR count). The molecule has 1 saturated heterocycles. The molecule has 27 heavy (non-hydrogen) atoms. The fourth-order valence-electron chi connectivity index (χ4n) is 2.55. The maximum absolute atomic E-state index is 11.7. The highest BCUT2D eigenvalue weighted by atomic mass is 16.7. The van der Waals surface area contributed by atoms with Crippen LogP contribution in [-0.2, 0) is 19.0 Å². The van der Waals surface area contributed by atoms with Gasteiger partial charge >= 0.3 is 12.1 Å². The van der Waals surface area contributed by atoms with E-state index in [0.29, 0.717) is 24.5 Å². The number of rotatable bonds is 9. The van der Waals surface area contributed by atoms with E-state index >= 15 is 0 Å². The molecular formula is C19H27NO7. The topological polar surface area (TPSA) is 103 Å². The van der Waals surface area contributed by atoms with Crippen LogP contribution in [0, 0.1) is 0 Å². The molecule has 8 heteroatoms. The molecule has 8 nitrogen and oxygen atoms in total. The summed E-state index contributed by atoms with van der Waals surface area (Å²) in [7, 11) is 0. The van der Waals surface area contributed by atoms with Crippen molar-refractivity contribution in [3.63, 3.8) is 0 Å². The van der Waals surface area contributed by atoms with Gasteiger partial charge in [-0.3, -0.25) is 0 Å². The largest absolute Gasteiger partial charge is 0.491 e. The van der Waals surface area contributed by atoms with E-state index in [1.54, 1.807) is 24.3 Å². The summed E-state index contributed by atoms with van der Waals surface area (Å²) in [6.45, 7) is 6.69. The van der Waals surface area contributed by atoms with Crippen LogP contribution in [0.15, 0.2) is 24.3 Å². The minimum Gasteiger partial charge on any atom is -0.491 e. The van der Waals surface area contributed by atoms with Gasteiger partial charge in [0, 0.05) is 0 Å². The number of aliphatic carboxylic acids is 1. The molecule has 1 aliphatic rings. The highest BCUT2D eigenvalue weighted by molar-refractivity contribution is 5.81. The highest BCUT2D eigenvalue weighted by Gasteiger charge is 2.33. The predicted octanol–water partition coefficient (Wildman–Crippen LogP) is 2.87. The number of alkyl carbamates (subject to hydrolysis) is 1. The Hall–Kier alpha value is -2.32. The first kappa shape index (κ1) is 21.0. The van der Waals surface area contributed by atoms with Crippen molar-refractivity contribution in [3.8, 4) is 5.75 Å². The molecule has 150 valence electrons. The summed E-state index contributed by atoms with van der Waals surface area (Å²) in [4.78, 5) is 23.2. The Bertz CT molecular complexity index is 629. The van der Waals surface area contributed by atoms with Gasteiger partial charge in [-0.15, -0.1) is 0 Å². The van der Waals surface area contributed by atoms with Crippen molar-refractivity contribution < 1.29 is 33.6 Å². The van der Waals surface area contributed by atoms with Crippen molar-refractivity contribution in [2.75, 3.05) is 19.8 Å². The molecule has 2 unspecified atom stereocenters. The van der Waals surface area contributed by atoms with Gasteiger partial charge in [0.15, 0.2) is 11.8 Å². The molecule has 2 N–H and O–H groups in total. The van der Waals surface area contributed by atoms with Crippen molar-refractivity contribution in [3.05, 3.63) is 29.8 Å². The molecule has 1 aromatic rings. The van der Waals surface area contributed by atoms with Crippen LogP contribution in [-0.4, -0.2) is 48.9 Å². The summed E-state index contributed by atoms with van der Waals surface area (Å²) >= 11 is 0. The van der Waals surface area contributed by atoms with Gasteiger partial charge in [0.1, 0.15) is 18.5 Å². The number of carbonyl (C=O) groups excluding carboxylic acids is 1. The quantitative estimate of drug-likeness (QED) is 0.634. The third-order valence-corrected chi connectivity index (χ3v) is 3.96. The van der Waals surface area contributed by atoms with Gasteiger partial charge in [0.05, 0.1) is 13.2 Å². The van der Waals surface area contributed by atoms with E-state index in [-0.39, 0.29) is 12.7 Å². The van der Waals surface area contributed by atoms with Gasteiger partial charge in [0.2, 0.25) is 0 Å². The molecule has 1 aliphatic heterocycles. The lowest BCUT2D eigenvalue weighted by Crippen LogP contribution is -2.34. The minimum absolute atomic E-state index is 0.161.